The van der Waals surface area contributed by atoms with Crippen molar-refractivity contribution in [3.05, 3.63) is 28.0 Å². The number of rotatable bonds is 8. The minimum atomic E-state index is -0.247. The number of allylic oxidation sites excluding steroid dienone is 1. The summed E-state index contributed by atoms with van der Waals surface area (Å²) in [5.41, 5.74) is 7.58. The Morgan fingerprint density at radius 1 is 1.22 bits per heavy atom. The highest BCUT2D eigenvalue weighted by Gasteiger charge is 2.14. The second kappa shape index (κ2) is 8.09. The Labute approximate surface area is 114 Å². The van der Waals surface area contributed by atoms with Gasteiger partial charge in [-0.1, -0.05) is 32.8 Å². The van der Waals surface area contributed by atoms with Crippen LogP contribution in [0.2, 0.25) is 0 Å². The third kappa shape index (κ3) is 4.30. The first-order valence-electron chi connectivity index (χ1n) is 6.76. The van der Waals surface area contributed by atoms with Crippen molar-refractivity contribution in [1.29, 1.82) is 0 Å². The van der Waals surface area contributed by atoms with Crippen molar-refractivity contribution in [3.8, 4) is 0 Å². The van der Waals surface area contributed by atoms with Gasteiger partial charge in [0.15, 0.2) is 0 Å². The summed E-state index contributed by atoms with van der Waals surface area (Å²) >= 11 is 1.70. The molecule has 100 valence electrons. The van der Waals surface area contributed by atoms with Crippen molar-refractivity contribution in [1.82, 2.24) is 0 Å². The smallest absolute Gasteiger partial charge is 0.244 e. The Balaban J connectivity index is 3.04. The van der Waals surface area contributed by atoms with Gasteiger partial charge < -0.3 is 5.73 Å². The second-order valence-electron chi connectivity index (χ2n) is 4.51. The quantitative estimate of drug-likeness (QED) is 0.697. The average Bonchev–Trinajstić information content (AvgIpc) is 2.86. The molecule has 0 spiro atoms. The Hall–Kier alpha value is -1.09. The first kappa shape index (κ1) is 15.0. The van der Waals surface area contributed by atoms with Gasteiger partial charge in [-0.3, -0.25) is 4.79 Å². The molecule has 0 aliphatic rings. The molecule has 1 rings (SSSR count). The Morgan fingerprint density at radius 3 is 2.39 bits per heavy atom. The summed E-state index contributed by atoms with van der Waals surface area (Å²) in [4.78, 5) is 12.9. The molecule has 0 atom stereocenters. The normalized spacial score (nSPS) is 12.3. The zero-order chi connectivity index (χ0) is 13.4. The van der Waals surface area contributed by atoms with Gasteiger partial charge >= 0.3 is 0 Å². The molecule has 3 heteroatoms. The Kier molecular flexibility index (Phi) is 6.73. The average molecular weight is 265 g/mol. The van der Waals surface area contributed by atoms with Gasteiger partial charge in [-0.2, -0.15) is 0 Å². The summed E-state index contributed by atoms with van der Waals surface area (Å²) in [6.45, 7) is 4.30. The molecular formula is C15H23NOS. The molecule has 0 bridgehead atoms. The van der Waals surface area contributed by atoms with Crippen molar-refractivity contribution in [2.24, 2.45) is 5.73 Å². The van der Waals surface area contributed by atoms with Crippen LogP contribution in [0, 0.1) is 0 Å². The van der Waals surface area contributed by atoms with Crippen LogP contribution in [0.4, 0.5) is 0 Å². The van der Waals surface area contributed by atoms with Crippen LogP contribution in [0.3, 0.4) is 0 Å². The number of nitrogens with two attached hydrogens (primary N) is 1. The number of hydrogen-bond acceptors (Lipinski definition) is 2. The summed E-state index contributed by atoms with van der Waals surface area (Å²) in [6.07, 6.45) is 6.12. The fourth-order valence-electron chi connectivity index (χ4n) is 2.00. The molecule has 0 radical (unpaired) electrons. The third-order valence-electron chi connectivity index (χ3n) is 3.04. The van der Waals surface area contributed by atoms with E-state index >= 15 is 0 Å². The number of hydrogen-bond donors (Lipinski definition) is 1. The van der Waals surface area contributed by atoms with Crippen LogP contribution in [0.1, 0.15) is 57.2 Å². The first-order valence-corrected chi connectivity index (χ1v) is 7.64. The van der Waals surface area contributed by atoms with E-state index in [0.717, 1.165) is 44.1 Å². The van der Waals surface area contributed by atoms with E-state index in [0.29, 0.717) is 0 Å². The van der Waals surface area contributed by atoms with E-state index in [1.54, 1.807) is 11.3 Å². The lowest BCUT2D eigenvalue weighted by molar-refractivity contribution is -0.114. The number of thiophene rings is 1. The van der Waals surface area contributed by atoms with Gasteiger partial charge in [0.1, 0.15) is 0 Å². The summed E-state index contributed by atoms with van der Waals surface area (Å²) in [7, 11) is 0. The van der Waals surface area contributed by atoms with Gasteiger partial charge in [-0.25, -0.2) is 0 Å². The Morgan fingerprint density at radius 2 is 1.89 bits per heavy atom. The number of carbonyl (C=O) groups is 1. The third-order valence-corrected chi connectivity index (χ3v) is 3.97. The first-order chi connectivity index (χ1) is 8.70. The van der Waals surface area contributed by atoms with E-state index in [1.807, 2.05) is 6.07 Å². The van der Waals surface area contributed by atoms with Gasteiger partial charge in [0.2, 0.25) is 5.91 Å². The van der Waals surface area contributed by atoms with E-state index < -0.39 is 0 Å². The van der Waals surface area contributed by atoms with Crippen molar-refractivity contribution in [2.75, 3.05) is 0 Å². The lowest BCUT2D eigenvalue weighted by Gasteiger charge is -2.11. The van der Waals surface area contributed by atoms with Crippen LogP contribution >= 0.6 is 11.3 Å². The fourth-order valence-corrected chi connectivity index (χ4v) is 2.83. The maximum Gasteiger partial charge on any atom is 0.244 e. The SMILES string of the molecule is CCCCC(C(N)=O)=C(CCCC)c1cccs1. The molecule has 0 unspecified atom stereocenters. The zero-order valence-corrected chi connectivity index (χ0v) is 12.2. The van der Waals surface area contributed by atoms with E-state index in [9.17, 15) is 4.79 Å². The van der Waals surface area contributed by atoms with E-state index in [4.69, 9.17) is 5.73 Å². The van der Waals surface area contributed by atoms with E-state index in [-0.39, 0.29) is 5.91 Å². The van der Waals surface area contributed by atoms with Gasteiger partial charge in [0.25, 0.3) is 0 Å². The van der Waals surface area contributed by atoms with Crippen LogP contribution in [-0.2, 0) is 4.79 Å². The number of carbonyl (C=O) groups excluding carboxylic acids is 1. The molecule has 1 aromatic rings. The molecule has 2 N–H and O–H groups in total. The van der Waals surface area contributed by atoms with Crippen LogP contribution in [-0.4, -0.2) is 5.91 Å². The summed E-state index contributed by atoms with van der Waals surface area (Å²) in [5.74, 6) is -0.247. The van der Waals surface area contributed by atoms with Gasteiger partial charge in [-0.15, -0.1) is 11.3 Å². The highest BCUT2D eigenvalue weighted by Crippen LogP contribution is 2.30. The second-order valence-corrected chi connectivity index (χ2v) is 5.45. The predicted octanol–water partition coefficient (Wildman–Crippen LogP) is 4.37. The summed E-state index contributed by atoms with van der Waals surface area (Å²) < 4.78 is 0. The lowest BCUT2D eigenvalue weighted by atomic mass is 9.96. The molecule has 2 nitrogen and oxygen atoms in total. The molecule has 0 aliphatic carbocycles. The minimum Gasteiger partial charge on any atom is -0.366 e. The van der Waals surface area contributed by atoms with Crippen molar-refractivity contribution in [2.45, 2.75) is 52.4 Å². The highest BCUT2D eigenvalue weighted by atomic mass is 32.1. The molecular weight excluding hydrogens is 242 g/mol. The molecule has 0 fully saturated rings. The van der Waals surface area contributed by atoms with Crippen molar-refractivity contribution >= 4 is 22.8 Å². The Bertz CT molecular complexity index is 393. The van der Waals surface area contributed by atoms with Crippen LogP contribution in [0.5, 0.6) is 0 Å². The molecule has 0 aliphatic heterocycles. The number of unbranched alkanes of at least 4 members (excludes halogenated alkanes) is 2. The maximum absolute atomic E-state index is 11.7. The topological polar surface area (TPSA) is 43.1 Å². The highest BCUT2D eigenvalue weighted by molar-refractivity contribution is 7.11. The van der Waals surface area contributed by atoms with E-state index in [1.165, 1.54) is 10.5 Å². The van der Waals surface area contributed by atoms with Crippen molar-refractivity contribution in [3.63, 3.8) is 0 Å². The molecule has 1 aromatic heterocycles. The number of amides is 1. The van der Waals surface area contributed by atoms with Gasteiger partial charge in [0, 0.05) is 10.5 Å². The molecule has 0 aromatic carbocycles. The van der Waals surface area contributed by atoms with E-state index in [2.05, 4.69) is 25.3 Å². The largest absolute Gasteiger partial charge is 0.366 e. The van der Waals surface area contributed by atoms with Crippen LogP contribution in [0.25, 0.3) is 5.57 Å². The standard InChI is InChI=1S/C15H23NOS/c1-3-5-8-12(14-10-7-11-18-14)13(15(16)17)9-6-4-2/h7,10-11H,3-6,8-9H2,1-2H3,(H2,16,17). The predicted molar refractivity (Wildman–Crippen MR) is 79.5 cm³/mol. The molecule has 18 heavy (non-hydrogen) atoms. The van der Waals surface area contributed by atoms with Crippen LogP contribution in [0.15, 0.2) is 23.1 Å². The minimum absolute atomic E-state index is 0.247. The molecule has 0 saturated carbocycles. The fraction of sp³-hybridized carbons (Fsp3) is 0.533. The van der Waals surface area contributed by atoms with Crippen molar-refractivity contribution < 1.29 is 4.79 Å². The van der Waals surface area contributed by atoms with Gasteiger partial charge in [0.05, 0.1) is 0 Å². The van der Waals surface area contributed by atoms with Crippen LogP contribution < -0.4 is 5.73 Å². The maximum atomic E-state index is 11.7. The summed E-state index contributed by atoms with van der Waals surface area (Å²) in [5, 5.41) is 2.06. The molecule has 1 amide bonds. The van der Waals surface area contributed by atoms with Gasteiger partial charge in [-0.05, 0) is 42.7 Å². The zero-order valence-electron chi connectivity index (χ0n) is 11.4. The number of primary amides is 1. The molecule has 0 saturated heterocycles. The summed E-state index contributed by atoms with van der Waals surface area (Å²) in [6, 6.07) is 4.12. The molecule has 1 heterocycles. The lowest BCUT2D eigenvalue weighted by Crippen LogP contribution is -2.15. The monoisotopic (exact) mass is 265 g/mol.